The average molecular weight is 251 g/mol. The molecular formula is C16H29NO. The van der Waals surface area contributed by atoms with E-state index in [1.807, 2.05) is 0 Å². The quantitative estimate of drug-likeness (QED) is 0.755. The SMILES string of the molecule is CCC1CCCC2NC(=O)C(C)(C)CC(C)C2C1. The zero-order valence-corrected chi connectivity index (χ0v) is 12.5. The van der Waals surface area contributed by atoms with Gasteiger partial charge in [-0.05, 0) is 37.0 Å². The summed E-state index contributed by atoms with van der Waals surface area (Å²) in [7, 11) is 0. The van der Waals surface area contributed by atoms with Crippen molar-refractivity contribution >= 4 is 5.91 Å². The molecule has 1 aliphatic heterocycles. The summed E-state index contributed by atoms with van der Waals surface area (Å²) in [5.41, 5.74) is -0.187. The summed E-state index contributed by atoms with van der Waals surface area (Å²) in [6.07, 6.45) is 7.48. The van der Waals surface area contributed by atoms with E-state index in [-0.39, 0.29) is 11.3 Å². The molecule has 2 aliphatic rings. The highest BCUT2D eigenvalue weighted by Gasteiger charge is 2.41. The lowest BCUT2D eigenvalue weighted by atomic mass is 9.75. The van der Waals surface area contributed by atoms with Gasteiger partial charge in [0.1, 0.15) is 0 Å². The van der Waals surface area contributed by atoms with Crippen LogP contribution in [0, 0.1) is 23.2 Å². The molecule has 1 N–H and O–H groups in total. The first-order valence-electron chi connectivity index (χ1n) is 7.75. The molecule has 1 saturated carbocycles. The zero-order chi connectivity index (χ0) is 13.3. The monoisotopic (exact) mass is 251 g/mol. The largest absolute Gasteiger partial charge is 0.353 e. The molecule has 2 nitrogen and oxygen atoms in total. The molecule has 2 rings (SSSR count). The van der Waals surface area contributed by atoms with Gasteiger partial charge in [0.25, 0.3) is 0 Å². The molecule has 2 fully saturated rings. The van der Waals surface area contributed by atoms with Crippen LogP contribution in [0.2, 0.25) is 0 Å². The van der Waals surface area contributed by atoms with Crippen molar-refractivity contribution < 1.29 is 4.79 Å². The second-order valence-electron chi connectivity index (χ2n) is 7.25. The summed E-state index contributed by atoms with van der Waals surface area (Å²) in [5.74, 6) is 2.51. The minimum atomic E-state index is -0.187. The van der Waals surface area contributed by atoms with E-state index < -0.39 is 0 Å². The number of hydrogen-bond donors (Lipinski definition) is 1. The molecule has 1 aliphatic carbocycles. The van der Waals surface area contributed by atoms with Crippen molar-refractivity contribution in [3.8, 4) is 0 Å². The summed E-state index contributed by atoms with van der Waals surface area (Å²) >= 11 is 0. The molecule has 4 unspecified atom stereocenters. The topological polar surface area (TPSA) is 29.1 Å². The molecule has 0 radical (unpaired) electrons. The Hall–Kier alpha value is -0.530. The van der Waals surface area contributed by atoms with E-state index in [4.69, 9.17) is 0 Å². The lowest BCUT2D eigenvalue weighted by Gasteiger charge is -2.29. The van der Waals surface area contributed by atoms with E-state index in [0.29, 0.717) is 17.9 Å². The van der Waals surface area contributed by atoms with Gasteiger partial charge in [-0.1, -0.05) is 47.0 Å². The molecule has 1 heterocycles. The number of fused-ring (bicyclic) bond motifs is 1. The van der Waals surface area contributed by atoms with E-state index >= 15 is 0 Å². The van der Waals surface area contributed by atoms with Gasteiger partial charge < -0.3 is 5.32 Å². The minimum absolute atomic E-state index is 0.187. The predicted molar refractivity (Wildman–Crippen MR) is 75.2 cm³/mol. The van der Waals surface area contributed by atoms with Gasteiger partial charge in [0.05, 0.1) is 0 Å². The van der Waals surface area contributed by atoms with Crippen LogP contribution in [-0.2, 0) is 4.79 Å². The first-order chi connectivity index (χ1) is 8.44. The van der Waals surface area contributed by atoms with Crippen LogP contribution in [0.5, 0.6) is 0 Å². The lowest BCUT2D eigenvalue weighted by Crippen LogP contribution is -2.42. The second-order valence-corrected chi connectivity index (χ2v) is 7.25. The number of hydrogen-bond acceptors (Lipinski definition) is 1. The average Bonchev–Trinajstić information content (AvgIpc) is 2.53. The van der Waals surface area contributed by atoms with Crippen LogP contribution in [0.1, 0.15) is 66.2 Å². The molecule has 1 amide bonds. The lowest BCUT2D eigenvalue weighted by molar-refractivity contribution is -0.129. The Morgan fingerprint density at radius 1 is 1.33 bits per heavy atom. The highest BCUT2D eigenvalue weighted by atomic mass is 16.2. The fourth-order valence-electron chi connectivity index (χ4n) is 4.10. The molecule has 2 heteroatoms. The number of nitrogens with one attached hydrogen (secondary N) is 1. The molecule has 0 aromatic carbocycles. The summed E-state index contributed by atoms with van der Waals surface area (Å²) in [4.78, 5) is 12.3. The van der Waals surface area contributed by atoms with Crippen molar-refractivity contribution in [1.29, 1.82) is 0 Å². The standard InChI is InChI=1S/C16H29NO/c1-5-12-7-6-8-14-13(9-12)11(2)10-16(3,4)15(18)17-14/h11-14H,5-10H2,1-4H3,(H,17,18). The normalized spacial score (nSPS) is 40.3. The van der Waals surface area contributed by atoms with Gasteiger partial charge in [-0.15, -0.1) is 0 Å². The van der Waals surface area contributed by atoms with Crippen molar-refractivity contribution in [3.05, 3.63) is 0 Å². The summed E-state index contributed by atoms with van der Waals surface area (Å²) in [5, 5.41) is 3.35. The van der Waals surface area contributed by atoms with Gasteiger partial charge in [-0.2, -0.15) is 0 Å². The van der Waals surface area contributed by atoms with Crippen molar-refractivity contribution in [2.75, 3.05) is 0 Å². The minimum Gasteiger partial charge on any atom is -0.353 e. The Morgan fingerprint density at radius 3 is 2.72 bits per heavy atom. The van der Waals surface area contributed by atoms with Crippen LogP contribution in [0.3, 0.4) is 0 Å². The molecule has 0 bridgehead atoms. The molecule has 1 saturated heterocycles. The molecule has 0 spiro atoms. The first kappa shape index (κ1) is 13.9. The Balaban J connectivity index is 2.19. The molecule has 0 aromatic heterocycles. The number of carbonyl (C=O) groups is 1. The number of amides is 1. The highest BCUT2D eigenvalue weighted by Crippen LogP contribution is 2.41. The van der Waals surface area contributed by atoms with E-state index in [2.05, 4.69) is 33.0 Å². The van der Waals surface area contributed by atoms with E-state index in [1.54, 1.807) is 0 Å². The van der Waals surface area contributed by atoms with Crippen LogP contribution < -0.4 is 5.32 Å². The van der Waals surface area contributed by atoms with Crippen LogP contribution in [0.25, 0.3) is 0 Å². The van der Waals surface area contributed by atoms with E-state index in [0.717, 1.165) is 12.3 Å². The second kappa shape index (κ2) is 5.22. The van der Waals surface area contributed by atoms with Gasteiger partial charge in [0.2, 0.25) is 5.91 Å². The van der Waals surface area contributed by atoms with Crippen LogP contribution >= 0.6 is 0 Å². The Morgan fingerprint density at radius 2 is 2.06 bits per heavy atom. The number of rotatable bonds is 1. The summed E-state index contributed by atoms with van der Waals surface area (Å²) in [6.45, 7) is 8.87. The van der Waals surface area contributed by atoms with E-state index in [1.165, 1.54) is 32.1 Å². The van der Waals surface area contributed by atoms with Crippen LogP contribution in [-0.4, -0.2) is 11.9 Å². The zero-order valence-electron chi connectivity index (χ0n) is 12.5. The van der Waals surface area contributed by atoms with Crippen LogP contribution in [0.4, 0.5) is 0 Å². The van der Waals surface area contributed by atoms with Crippen molar-refractivity contribution in [2.45, 2.75) is 72.3 Å². The van der Waals surface area contributed by atoms with Crippen molar-refractivity contribution in [2.24, 2.45) is 23.2 Å². The van der Waals surface area contributed by atoms with Gasteiger partial charge in [-0.3, -0.25) is 4.79 Å². The fraction of sp³-hybridized carbons (Fsp3) is 0.938. The number of carbonyl (C=O) groups excluding carboxylic acids is 1. The smallest absolute Gasteiger partial charge is 0.225 e. The predicted octanol–water partition coefficient (Wildman–Crippen LogP) is 3.75. The van der Waals surface area contributed by atoms with Gasteiger partial charge >= 0.3 is 0 Å². The van der Waals surface area contributed by atoms with Crippen LogP contribution in [0.15, 0.2) is 0 Å². The molecule has 104 valence electrons. The summed E-state index contributed by atoms with van der Waals surface area (Å²) in [6, 6.07) is 0.436. The van der Waals surface area contributed by atoms with Crippen molar-refractivity contribution in [3.63, 3.8) is 0 Å². The molecule has 0 aromatic rings. The highest BCUT2D eigenvalue weighted by molar-refractivity contribution is 5.82. The third-order valence-corrected chi connectivity index (χ3v) is 5.32. The Labute approximate surface area is 112 Å². The maximum atomic E-state index is 12.3. The molecule has 4 atom stereocenters. The Kier molecular flexibility index (Phi) is 4.03. The van der Waals surface area contributed by atoms with Gasteiger partial charge in [0, 0.05) is 11.5 Å². The van der Waals surface area contributed by atoms with Crippen molar-refractivity contribution in [1.82, 2.24) is 5.32 Å². The summed E-state index contributed by atoms with van der Waals surface area (Å²) < 4.78 is 0. The maximum Gasteiger partial charge on any atom is 0.225 e. The third-order valence-electron chi connectivity index (χ3n) is 5.32. The maximum absolute atomic E-state index is 12.3. The molecular weight excluding hydrogens is 222 g/mol. The molecule has 18 heavy (non-hydrogen) atoms. The van der Waals surface area contributed by atoms with E-state index in [9.17, 15) is 4.79 Å². The van der Waals surface area contributed by atoms with Gasteiger partial charge in [0.15, 0.2) is 0 Å². The Bertz CT molecular complexity index is 310. The first-order valence-corrected chi connectivity index (χ1v) is 7.75. The third kappa shape index (κ3) is 2.73. The fourth-order valence-corrected chi connectivity index (χ4v) is 4.10. The van der Waals surface area contributed by atoms with Gasteiger partial charge in [-0.25, -0.2) is 0 Å².